The predicted octanol–water partition coefficient (Wildman–Crippen LogP) is 2.26. The average Bonchev–Trinajstić information content (AvgIpc) is 2.81. The lowest BCUT2D eigenvalue weighted by Gasteiger charge is -2.36. The summed E-state index contributed by atoms with van der Waals surface area (Å²) >= 11 is 1.03. The number of hydrogen-bond acceptors (Lipinski definition) is 5. The summed E-state index contributed by atoms with van der Waals surface area (Å²) in [6.07, 6.45) is 3.51. The highest BCUT2D eigenvalue weighted by atomic mass is 32.1. The summed E-state index contributed by atoms with van der Waals surface area (Å²) in [5, 5.41) is 15.7. The lowest BCUT2D eigenvalue weighted by Crippen LogP contribution is -2.48. The molecule has 0 radical (unpaired) electrons. The van der Waals surface area contributed by atoms with Gasteiger partial charge in [-0.05, 0) is 44.3 Å². The van der Waals surface area contributed by atoms with E-state index in [1.54, 1.807) is 6.92 Å². The summed E-state index contributed by atoms with van der Waals surface area (Å²) in [6, 6.07) is 0. The Kier molecular flexibility index (Phi) is 4.95. The van der Waals surface area contributed by atoms with Crippen molar-refractivity contribution in [3.05, 3.63) is 11.3 Å². The Balaban J connectivity index is 2.21. The van der Waals surface area contributed by atoms with E-state index in [0.29, 0.717) is 17.2 Å². The van der Waals surface area contributed by atoms with E-state index >= 15 is 0 Å². The number of nitrogens with zero attached hydrogens (tertiary/aromatic N) is 1. The van der Waals surface area contributed by atoms with Crippen LogP contribution in [0.1, 0.15) is 48.7 Å². The molecule has 2 rings (SSSR count). The van der Waals surface area contributed by atoms with Crippen molar-refractivity contribution < 1.29 is 14.7 Å². The second-order valence-electron chi connectivity index (χ2n) is 5.54. The normalized spacial score (nSPS) is 22.0. The van der Waals surface area contributed by atoms with Gasteiger partial charge in [-0.15, -0.1) is 0 Å². The molecule has 1 unspecified atom stereocenters. The lowest BCUT2D eigenvalue weighted by molar-refractivity contribution is -0.127. The smallest absolute Gasteiger partial charge is 0.340 e. The third kappa shape index (κ3) is 3.24. The summed E-state index contributed by atoms with van der Waals surface area (Å²) in [5.41, 5.74) is 0.0959. The first-order valence-corrected chi connectivity index (χ1v) is 7.99. The number of carboxylic acids is 1. The Morgan fingerprint density at radius 3 is 2.86 bits per heavy atom. The van der Waals surface area contributed by atoms with Crippen LogP contribution in [0.25, 0.3) is 0 Å². The van der Waals surface area contributed by atoms with Gasteiger partial charge in [-0.2, -0.15) is 4.37 Å². The van der Waals surface area contributed by atoms with E-state index in [1.165, 1.54) is 0 Å². The zero-order valence-corrected chi connectivity index (χ0v) is 13.2. The second kappa shape index (κ2) is 6.53. The van der Waals surface area contributed by atoms with Gasteiger partial charge in [-0.1, -0.05) is 13.3 Å². The van der Waals surface area contributed by atoms with Gasteiger partial charge in [-0.3, -0.25) is 4.79 Å². The number of aromatic carboxylic acids is 1. The van der Waals surface area contributed by atoms with Crippen LogP contribution in [0.2, 0.25) is 0 Å². The third-order valence-electron chi connectivity index (χ3n) is 3.99. The molecule has 0 bridgehead atoms. The van der Waals surface area contributed by atoms with Crippen LogP contribution in [0.5, 0.6) is 0 Å². The van der Waals surface area contributed by atoms with E-state index in [4.69, 9.17) is 0 Å². The van der Waals surface area contributed by atoms with Crippen molar-refractivity contribution in [1.82, 2.24) is 9.69 Å². The molecule has 1 aromatic rings. The Bertz CT molecular complexity index is 530. The van der Waals surface area contributed by atoms with E-state index in [-0.39, 0.29) is 11.5 Å². The van der Waals surface area contributed by atoms with E-state index in [2.05, 4.69) is 21.9 Å². The molecule has 1 aliphatic rings. The highest BCUT2D eigenvalue weighted by Crippen LogP contribution is 2.34. The summed E-state index contributed by atoms with van der Waals surface area (Å²) < 4.78 is 4.04. The molecule has 116 valence electrons. The SMILES string of the molecule is CCCC1(C(=O)Nc2snc(C)c2C(=O)O)CCCNC1. The van der Waals surface area contributed by atoms with Gasteiger partial charge in [0.25, 0.3) is 0 Å². The van der Waals surface area contributed by atoms with Crippen LogP contribution in [0, 0.1) is 12.3 Å². The topological polar surface area (TPSA) is 91.3 Å². The van der Waals surface area contributed by atoms with Gasteiger partial charge in [0.05, 0.1) is 11.1 Å². The standard InChI is InChI=1S/C14H21N3O3S/c1-3-5-14(6-4-7-15-8-14)13(20)16-11-10(12(18)19)9(2)17-21-11/h15H,3-8H2,1-2H3,(H,16,20)(H,18,19). The zero-order chi connectivity index (χ0) is 15.5. The van der Waals surface area contributed by atoms with Crippen molar-refractivity contribution in [2.45, 2.75) is 39.5 Å². The van der Waals surface area contributed by atoms with Crippen molar-refractivity contribution in [2.24, 2.45) is 5.41 Å². The minimum atomic E-state index is -1.05. The molecule has 3 N–H and O–H groups in total. The molecular weight excluding hydrogens is 290 g/mol. The fourth-order valence-corrected chi connectivity index (χ4v) is 3.69. The number of carbonyl (C=O) groups is 2. The molecule has 7 heteroatoms. The fraction of sp³-hybridized carbons (Fsp3) is 0.643. The molecule has 6 nitrogen and oxygen atoms in total. The van der Waals surface area contributed by atoms with Crippen LogP contribution in [-0.2, 0) is 4.79 Å². The average molecular weight is 311 g/mol. The molecule has 0 saturated carbocycles. The second-order valence-corrected chi connectivity index (χ2v) is 6.32. The molecule has 1 saturated heterocycles. The summed E-state index contributed by atoms with van der Waals surface area (Å²) in [4.78, 5) is 24.0. The fourth-order valence-electron chi connectivity index (χ4n) is 2.91. The van der Waals surface area contributed by atoms with Crippen LogP contribution in [-0.4, -0.2) is 34.4 Å². The van der Waals surface area contributed by atoms with E-state index < -0.39 is 11.4 Å². The number of rotatable bonds is 5. The van der Waals surface area contributed by atoms with Gasteiger partial charge < -0.3 is 15.7 Å². The quantitative estimate of drug-likeness (QED) is 0.776. The van der Waals surface area contributed by atoms with Gasteiger partial charge in [0, 0.05) is 6.54 Å². The molecule has 0 aliphatic carbocycles. The van der Waals surface area contributed by atoms with E-state index in [1.807, 2.05) is 0 Å². The van der Waals surface area contributed by atoms with E-state index in [9.17, 15) is 14.7 Å². The third-order valence-corrected chi connectivity index (χ3v) is 4.84. The van der Waals surface area contributed by atoms with Crippen LogP contribution in [0.4, 0.5) is 5.00 Å². The van der Waals surface area contributed by atoms with Gasteiger partial charge in [0.2, 0.25) is 5.91 Å². The molecule has 1 atom stereocenters. The van der Waals surface area contributed by atoms with Crippen molar-refractivity contribution in [2.75, 3.05) is 18.4 Å². The first-order chi connectivity index (χ1) is 10.00. The number of hydrogen-bond donors (Lipinski definition) is 3. The Morgan fingerprint density at radius 2 is 2.29 bits per heavy atom. The highest BCUT2D eigenvalue weighted by molar-refractivity contribution is 7.11. The molecule has 1 aliphatic heterocycles. The largest absolute Gasteiger partial charge is 0.478 e. The number of carboxylic acid groups (broad SMARTS) is 1. The monoisotopic (exact) mass is 311 g/mol. The maximum atomic E-state index is 12.7. The molecule has 0 aromatic carbocycles. The number of piperidine rings is 1. The minimum Gasteiger partial charge on any atom is -0.478 e. The number of aromatic nitrogens is 1. The Morgan fingerprint density at radius 1 is 1.52 bits per heavy atom. The molecule has 0 spiro atoms. The molecular formula is C14H21N3O3S. The predicted molar refractivity (Wildman–Crippen MR) is 81.9 cm³/mol. The Hall–Kier alpha value is -1.47. The summed E-state index contributed by atoms with van der Waals surface area (Å²) in [7, 11) is 0. The van der Waals surface area contributed by atoms with Crippen molar-refractivity contribution in [1.29, 1.82) is 0 Å². The number of nitrogens with one attached hydrogen (secondary N) is 2. The molecule has 21 heavy (non-hydrogen) atoms. The summed E-state index contributed by atoms with van der Waals surface area (Å²) in [6.45, 7) is 5.27. The maximum Gasteiger partial charge on any atom is 0.340 e. The molecule has 1 amide bonds. The van der Waals surface area contributed by atoms with E-state index in [0.717, 1.165) is 43.8 Å². The highest BCUT2D eigenvalue weighted by Gasteiger charge is 2.39. The first kappa shape index (κ1) is 15.9. The minimum absolute atomic E-state index is 0.0947. The van der Waals surface area contributed by atoms with Crippen molar-refractivity contribution in [3.8, 4) is 0 Å². The van der Waals surface area contributed by atoms with Crippen LogP contribution in [0.3, 0.4) is 0 Å². The number of aryl methyl sites for hydroxylation is 1. The van der Waals surface area contributed by atoms with Gasteiger partial charge in [0.1, 0.15) is 10.6 Å². The van der Waals surface area contributed by atoms with Crippen LogP contribution in [0.15, 0.2) is 0 Å². The van der Waals surface area contributed by atoms with Gasteiger partial charge in [-0.25, -0.2) is 4.79 Å². The molecule has 1 fully saturated rings. The van der Waals surface area contributed by atoms with Crippen molar-refractivity contribution in [3.63, 3.8) is 0 Å². The van der Waals surface area contributed by atoms with Crippen LogP contribution >= 0.6 is 11.5 Å². The summed E-state index contributed by atoms with van der Waals surface area (Å²) in [5.74, 6) is -1.15. The van der Waals surface area contributed by atoms with Gasteiger partial charge >= 0.3 is 5.97 Å². The lowest BCUT2D eigenvalue weighted by atomic mass is 9.76. The number of anilines is 1. The maximum absolute atomic E-state index is 12.7. The molecule has 2 heterocycles. The number of amides is 1. The Labute approximate surface area is 128 Å². The van der Waals surface area contributed by atoms with Crippen LogP contribution < -0.4 is 10.6 Å². The molecule has 1 aromatic heterocycles. The van der Waals surface area contributed by atoms with Gasteiger partial charge in [0.15, 0.2) is 0 Å². The zero-order valence-electron chi connectivity index (χ0n) is 12.4. The van der Waals surface area contributed by atoms with Crippen molar-refractivity contribution >= 4 is 28.4 Å². The first-order valence-electron chi connectivity index (χ1n) is 7.22. The number of carbonyl (C=O) groups excluding carboxylic acids is 1.